The SMILES string of the molecule is COc1ccc(CC(=O)NC2CCN(S(=O)(=O)c3ccc(C)cc3C)CC2)cc1. The van der Waals surface area contributed by atoms with Crippen molar-refractivity contribution in [2.75, 3.05) is 20.2 Å². The van der Waals surface area contributed by atoms with Crippen LogP contribution in [0.5, 0.6) is 5.75 Å². The number of benzene rings is 2. The Balaban J connectivity index is 1.55. The number of sulfonamides is 1. The number of piperidine rings is 1. The number of carbonyl (C=O) groups is 1. The van der Waals surface area contributed by atoms with Gasteiger partial charge in [0.2, 0.25) is 15.9 Å². The molecule has 7 heteroatoms. The molecule has 2 aromatic carbocycles. The smallest absolute Gasteiger partial charge is 0.243 e. The molecule has 1 heterocycles. The molecule has 0 aromatic heterocycles. The summed E-state index contributed by atoms with van der Waals surface area (Å²) >= 11 is 0. The van der Waals surface area contributed by atoms with Gasteiger partial charge < -0.3 is 10.1 Å². The number of methoxy groups -OCH3 is 1. The van der Waals surface area contributed by atoms with E-state index in [2.05, 4.69) is 5.32 Å². The minimum Gasteiger partial charge on any atom is -0.497 e. The summed E-state index contributed by atoms with van der Waals surface area (Å²) in [6.45, 7) is 4.59. The van der Waals surface area contributed by atoms with Crippen molar-refractivity contribution in [2.24, 2.45) is 0 Å². The lowest BCUT2D eigenvalue weighted by molar-refractivity contribution is -0.121. The van der Waals surface area contributed by atoms with E-state index in [1.165, 1.54) is 4.31 Å². The third-order valence-corrected chi connectivity index (χ3v) is 7.35. The van der Waals surface area contributed by atoms with Crippen molar-refractivity contribution in [3.8, 4) is 5.75 Å². The molecule has 1 aliphatic heterocycles. The second-order valence-electron chi connectivity index (χ2n) is 7.54. The predicted molar refractivity (Wildman–Crippen MR) is 113 cm³/mol. The topological polar surface area (TPSA) is 75.7 Å². The number of aryl methyl sites for hydroxylation is 2. The molecule has 0 atom stereocenters. The van der Waals surface area contributed by atoms with Crippen LogP contribution in [0.1, 0.15) is 29.5 Å². The second-order valence-corrected chi connectivity index (χ2v) is 9.45. The number of hydrogen-bond donors (Lipinski definition) is 1. The fraction of sp³-hybridized carbons (Fsp3) is 0.409. The molecular formula is C22H28N2O4S. The van der Waals surface area contributed by atoms with Crippen molar-refractivity contribution >= 4 is 15.9 Å². The van der Waals surface area contributed by atoms with Crippen LogP contribution in [-0.2, 0) is 21.2 Å². The fourth-order valence-electron chi connectivity index (χ4n) is 3.68. The van der Waals surface area contributed by atoms with Gasteiger partial charge >= 0.3 is 0 Å². The van der Waals surface area contributed by atoms with Crippen molar-refractivity contribution in [3.63, 3.8) is 0 Å². The molecule has 1 aliphatic rings. The van der Waals surface area contributed by atoms with Crippen LogP contribution in [0.4, 0.5) is 0 Å². The number of rotatable bonds is 6. The standard InChI is InChI=1S/C22H28N2O4S/c1-16-4-9-21(17(2)14-16)29(26,27)24-12-10-19(11-13-24)23-22(25)15-18-5-7-20(28-3)8-6-18/h4-9,14,19H,10-13,15H2,1-3H3,(H,23,25). The Hall–Kier alpha value is -2.38. The molecule has 1 fully saturated rings. The van der Waals surface area contributed by atoms with Gasteiger partial charge in [0.25, 0.3) is 0 Å². The van der Waals surface area contributed by atoms with Crippen LogP contribution in [0.15, 0.2) is 47.4 Å². The lowest BCUT2D eigenvalue weighted by atomic mass is 10.1. The van der Waals surface area contributed by atoms with Gasteiger partial charge in [0.05, 0.1) is 18.4 Å². The van der Waals surface area contributed by atoms with Crippen molar-refractivity contribution < 1.29 is 17.9 Å². The van der Waals surface area contributed by atoms with Crippen molar-refractivity contribution in [2.45, 2.75) is 44.0 Å². The average molecular weight is 417 g/mol. The predicted octanol–water partition coefficient (Wildman–Crippen LogP) is 2.82. The molecule has 0 aliphatic carbocycles. The van der Waals surface area contributed by atoms with Crippen LogP contribution >= 0.6 is 0 Å². The molecule has 2 aromatic rings. The molecule has 0 radical (unpaired) electrons. The van der Waals surface area contributed by atoms with Gasteiger partial charge in [-0.05, 0) is 56.0 Å². The molecular weight excluding hydrogens is 388 g/mol. The average Bonchev–Trinajstić information content (AvgIpc) is 2.68. The summed E-state index contributed by atoms with van der Waals surface area (Å²) in [4.78, 5) is 12.7. The third-order valence-electron chi connectivity index (χ3n) is 5.29. The number of amides is 1. The van der Waals surface area contributed by atoms with E-state index >= 15 is 0 Å². The highest BCUT2D eigenvalue weighted by molar-refractivity contribution is 7.89. The van der Waals surface area contributed by atoms with Crippen LogP contribution < -0.4 is 10.1 Å². The van der Waals surface area contributed by atoms with E-state index in [0.717, 1.165) is 22.4 Å². The molecule has 0 unspecified atom stereocenters. The van der Waals surface area contributed by atoms with Crippen LogP contribution in [-0.4, -0.2) is 44.9 Å². The van der Waals surface area contributed by atoms with E-state index in [-0.39, 0.29) is 11.9 Å². The van der Waals surface area contributed by atoms with E-state index in [1.807, 2.05) is 50.2 Å². The normalized spacial score (nSPS) is 15.8. The maximum Gasteiger partial charge on any atom is 0.243 e. The van der Waals surface area contributed by atoms with E-state index in [9.17, 15) is 13.2 Å². The highest BCUT2D eigenvalue weighted by Gasteiger charge is 2.30. The summed E-state index contributed by atoms with van der Waals surface area (Å²) in [6, 6.07) is 12.8. The van der Waals surface area contributed by atoms with Crippen LogP contribution in [0.25, 0.3) is 0 Å². The maximum atomic E-state index is 13.0. The van der Waals surface area contributed by atoms with Gasteiger partial charge in [-0.1, -0.05) is 29.8 Å². The second kappa shape index (κ2) is 8.97. The number of carbonyl (C=O) groups excluding carboxylic acids is 1. The van der Waals surface area contributed by atoms with Crippen LogP contribution in [0.3, 0.4) is 0 Å². The molecule has 1 amide bonds. The molecule has 156 valence electrons. The molecule has 3 rings (SSSR count). The molecule has 29 heavy (non-hydrogen) atoms. The van der Waals surface area contributed by atoms with Gasteiger partial charge in [-0.3, -0.25) is 4.79 Å². The summed E-state index contributed by atoms with van der Waals surface area (Å²) in [6.07, 6.45) is 1.52. The minimum atomic E-state index is -3.51. The summed E-state index contributed by atoms with van der Waals surface area (Å²) in [5.41, 5.74) is 2.72. The first-order chi connectivity index (χ1) is 13.8. The zero-order chi connectivity index (χ0) is 21.0. The van der Waals surface area contributed by atoms with Crippen LogP contribution in [0.2, 0.25) is 0 Å². The highest BCUT2D eigenvalue weighted by atomic mass is 32.2. The van der Waals surface area contributed by atoms with Crippen molar-refractivity contribution in [1.29, 1.82) is 0 Å². The summed E-state index contributed by atoms with van der Waals surface area (Å²) in [7, 11) is -1.90. The Morgan fingerprint density at radius 3 is 2.34 bits per heavy atom. The summed E-state index contributed by atoms with van der Waals surface area (Å²) in [5.74, 6) is 0.706. The van der Waals surface area contributed by atoms with Crippen molar-refractivity contribution in [1.82, 2.24) is 9.62 Å². The number of nitrogens with one attached hydrogen (secondary N) is 1. The van der Waals surface area contributed by atoms with E-state index in [4.69, 9.17) is 4.74 Å². The minimum absolute atomic E-state index is 0.00804. The van der Waals surface area contributed by atoms with Crippen molar-refractivity contribution in [3.05, 3.63) is 59.2 Å². The molecule has 0 saturated carbocycles. The monoisotopic (exact) mass is 416 g/mol. The number of ether oxygens (including phenoxy) is 1. The first-order valence-electron chi connectivity index (χ1n) is 9.79. The highest BCUT2D eigenvalue weighted by Crippen LogP contribution is 2.24. The van der Waals surface area contributed by atoms with Gasteiger partial charge in [0.15, 0.2) is 0 Å². The first-order valence-corrected chi connectivity index (χ1v) is 11.2. The Morgan fingerprint density at radius 2 is 1.76 bits per heavy atom. The Morgan fingerprint density at radius 1 is 1.10 bits per heavy atom. The lowest BCUT2D eigenvalue weighted by Crippen LogP contribution is -2.46. The number of nitrogens with zero attached hydrogens (tertiary/aromatic N) is 1. The molecule has 1 saturated heterocycles. The Kier molecular flexibility index (Phi) is 6.59. The Labute approximate surface area is 172 Å². The summed E-state index contributed by atoms with van der Waals surface area (Å²) in [5, 5.41) is 3.03. The van der Waals surface area contributed by atoms with Gasteiger partial charge in [0, 0.05) is 19.1 Å². The van der Waals surface area contributed by atoms with Gasteiger partial charge in [-0.25, -0.2) is 8.42 Å². The van der Waals surface area contributed by atoms with E-state index < -0.39 is 10.0 Å². The quantitative estimate of drug-likeness (QED) is 0.786. The molecule has 0 spiro atoms. The van der Waals surface area contributed by atoms with Gasteiger partial charge in [-0.15, -0.1) is 0 Å². The Bertz CT molecular complexity index is 963. The molecule has 0 bridgehead atoms. The molecule has 1 N–H and O–H groups in total. The zero-order valence-corrected chi connectivity index (χ0v) is 18.0. The third kappa shape index (κ3) is 5.16. The van der Waals surface area contributed by atoms with E-state index in [1.54, 1.807) is 13.2 Å². The maximum absolute atomic E-state index is 13.0. The fourth-order valence-corrected chi connectivity index (χ4v) is 5.35. The van der Waals surface area contributed by atoms with Gasteiger partial charge in [0.1, 0.15) is 5.75 Å². The zero-order valence-electron chi connectivity index (χ0n) is 17.1. The van der Waals surface area contributed by atoms with Crippen LogP contribution in [0, 0.1) is 13.8 Å². The first kappa shape index (κ1) is 21.3. The largest absolute Gasteiger partial charge is 0.497 e. The van der Waals surface area contributed by atoms with E-state index in [0.29, 0.717) is 37.2 Å². The van der Waals surface area contributed by atoms with Gasteiger partial charge in [-0.2, -0.15) is 4.31 Å². The molecule has 6 nitrogen and oxygen atoms in total. The summed E-state index contributed by atoms with van der Waals surface area (Å²) < 4.78 is 32.6. The lowest BCUT2D eigenvalue weighted by Gasteiger charge is -2.32. The number of hydrogen-bond acceptors (Lipinski definition) is 4.